The Balaban J connectivity index is 1.67. The predicted octanol–water partition coefficient (Wildman–Crippen LogP) is 4.36. The van der Waals surface area contributed by atoms with Crippen LogP contribution in [0.5, 0.6) is 17.2 Å². The molecule has 0 spiro atoms. The van der Waals surface area contributed by atoms with Crippen LogP contribution in [0.15, 0.2) is 65.8 Å². The smallest absolute Gasteiger partial charge is 0.343 e. The highest BCUT2D eigenvalue weighted by Crippen LogP contribution is 2.29. The molecule has 2 N–H and O–H groups in total. The maximum atomic E-state index is 12.5. The molecule has 0 aromatic heterocycles. The van der Waals surface area contributed by atoms with Crippen molar-refractivity contribution in [3.05, 3.63) is 82.4 Å². The molecule has 0 fully saturated rings. The van der Waals surface area contributed by atoms with Crippen LogP contribution in [-0.4, -0.2) is 37.7 Å². The highest BCUT2D eigenvalue weighted by Gasteiger charge is 2.16. The Kier molecular flexibility index (Phi) is 8.64. The van der Waals surface area contributed by atoms with Gasteiger partial charge < -0.3 is 19.5 Å². The molecule has 0 aliphatic heterocycles. The summed E-state index contributed by atoms with van der Waals surface area (Å²) in [6.45, 7) is 3.36. The highest BCUT2D eigenvalue weighted by atomic mass is 35.5. The molecule has 0 saturated heterocycles. The second-order valence-corrected chi connectivity index (χ2v) is 7.90. The van der Waals surface area contributed by atoms with Gasteiger partial charge in [-0.05, 0) is 74.0 Å². The topological polar surface area (TPSA) is 115 Å². The van der Waals surface area contributed by atoms with Crippen molar-refractivity contribution in [2.24, 2.45) is 5.10 Å². The number of nitrogens with zero attached hydrogens (tertiary/aromatic N) is 1. The summed E-state index contributed by atoms with van der Waals surface area (Å²) < 4.78 is 15.9. The normalized spacial score (nSPS) is 10.9. The van der Waals surface area contributed by atoms with E-state index >= 15 is 0 Å². The van der Waals surface area contributed by atoms with Gasteiger partial charge in [-0.25, -0.2) is 10.2 Å². The second kappa shape index (κ2) is 11.9. The molecule has 0 bridgehead atoms. The van der Waals surface area contributed by atoms with Crippen molar-refractivity contribution in [2.75, 3.05) is 19.5 Å². The minimum Gasteiger partial charge on any atom is -0.497 e. The number of hydrogen-bond acceptors (Lipinski definition) is 7. The fourth-order valence-electron chi connectivity index (χ4n) is 3.03. The lowest BCUT2D eigenvalue weighted by atomic mass is 10.1. The Labute approximate surface area is 213 Å². The molecule has 0 aliphatic rings. The summed E-state index contributed by atoms with van der Waals surface area (Å²) in [5, 5.41) is 6.95. The number of hydrazone groups is 1. The number of halogens is 1. The zero-order valence-corrected chi connectivity index (χ0v) is 20.8. The first-order chi connectivity index (χ1) is 17.2. The number of carbonyl (C=O) groups excluding carboxylic acids is 3. The molecule has 2 amide bonds. The van der Waals surface area contributed by atoms with E-state index < -0.39 is 17.8 Å². The van der Waals surface area contributed by atoms with Gasteiger partial charge in [0.15, 0.2) is 11.5 Å². The number of amides is 2. The maximum Gasteiger partial charge on any atom is 0.343 e. The van der Waals surface area contributed by atoms with Gasteiger partial charge in [-0.2, -0.15) is 5.10 Å². The highest BCUT2D eigenvalue weighted by molar-refractivity contribution is 6.40. The summed E-state index contributed by atoms with van der Waals surface area (Å²) in [6, 6.07) is 16.2. The Morgan fingerprint density at radius 3 is 2.22 bits per heavy atom. The number of ether oxygens (including phenoxy) is 3. The van der Waals surface area contributed by atoms with Gasteiger partial charge in [0.2, 0.25) is 0 Å². The van der Waals surface area contributed by atoms with Gasteiger partial charge in [0, 0.05) is 16.3 Å². The first kappa shape index (κ1) is 26.2. The Bertz CT molecular complexity index is 1320. The van der Waals surface area contributed by atoms with Gasteiger partial charge in [-0.1, -0.05) is 17.7 Å². The van der Waals surface area contributed by atoms with Gasteiger partial charge in [0.05, 0.1) is 25.5 Å². The molecule has 0 radical (unpaired) electrons. The quantitative estimate of drug-likeness (QED) is 0.161. The minimum atomic E-state index is -0.953. The molecular weight excluding hydrogens is 486 g/mol. The minimum absolute atomic E-state index is 0.204. The van der Waals surface area contributed by atoms with Crippen LogP contribution in [0.2, 0.25) is 5.02 Å². The Morgan fingerprint density at radius 2 is 1.56 bits per heavy atom. The standard InChI is InChI=1S/C26H24ClN3O6/c1-15-20(27)6-5-7-21(15)28-24(31)25(32)30-29-16(2)18-10-13-22(23(14-18)35-4)36-26(33)17-8-11-19(34-3)12-9-17/h5-14H,1-4H3,(H,28,31)(H,30,32). The third-order valence-corrected chi connectivity index (χ3v) is 5.57. The van der Waals surface area contributed by atoms with E-state index in [1.807, 2.05) is 0 Å². The van der Waals surface area contributed by atoms with E-state index in [2.05, 4.69) is 15.8 Å². The van der Waals surface area contributed by atoms with Crippen molar-refractivity contribution < 1.29 is 28.6 Å². The molecule has 0 unspecified atom stereocenters. The molecule has 9 nitrogen and oxygen atoms in total. The van der Waals surface area contributed by atoms with Crippen LogP contribution >= 0.6 is 11.6 Å². The van der Waals surface area contributed by atoms with Crippen LogP contribution < -0.4 is 25.0 Å². The average Bonchev–Trinajstić information content (AvgIpc) is 2.89. The molecule has 3 aromatic rings. The molecule has 3 rings (SSSR count). The summed E-state index contributed by atoms with van der Waals surface area (Å²) in [6.07, 6.45) is 0. The molecule has 0 atom stereocenters. The van der Waals surface area contributed by atoms with E-state index in [0.717, 1.165) is 0 Å². The van der Waals surface area contributed by atoms with Crippen molar-refractivity contribution in [3.8, 4) is 17.2 Å². The largest absolute Gasteiger partial charge is 0.497 e. The number of methoxy groups -OCH3 is 2. The second-order valence-electron chi connectivity index (χ2n) is 7.49. The zero-order chi connectivity index (χ0) is 26.2. The van der Waals surface area contributed by atoms with Crippen molar-refractivity contribution in [2.45, 2.75) is 13.8 Å². The van der Waals surface area contributed by atoms with E-state index in [1.165, 1.54) is 14.2 Å². The Morgan fingerprint density at radius 1 is 0.861 bits per heavy atom. The SMILES string of the molecule is COc1ccc(C(=O)Oc2ccc(C(C)=NNC(=O)C(=O)Nc3cccc(Cl)c3C)cc2OC)cc1. The van der Waals surface area contributed by atoms with Gasteiger partial charge in [0.1, 0.15) is 5.75 Å². The fraction of sp³-hybridized carbons (Fsp3) is 0.154. The molecule has 186 valence electrons. The Hall–Kier alpha value is -4.37. The van der Waals surface area contributed by atoms with Gasteiger partial charge in [-0.15, -0.1) is 0 Å². The van der Waals surface area contributed by atoms with Crippen molar-refractivity contribution >= 4 is 40.8 Å². The van der Waals surface area contributed by atoms with Gasteiger partial charge in [-0.3, -0.25) is 9.59 Å². The van der Waals surface area contributed by atoms with Crippen LogP contribution in [0.1, 0.15) is 28.4 Å². The number of hydrogen-bond donors (Lipinski definition) is 2. The lowest BCUT2D eigenvalue weighted by molar-refractivity contribution is -0.136. The number of rotatable bonds is 7. The zero-order valence-electron chi connectivity index (χ0n) is 20.0. The molecular formula is C26H24ClN3O6. The van der Waals surface area contributed by atoms with Crippen LogP contribution in [0, 0.1) is 6.92 Å². The van der Waals surface area contributed by atoms with Crippen LogP contribution in [-0.2, 0) is 9.59 Å². The van der Waals surface area contributed by atoms with Crippen molar-refractivity contribution in [1.29, 1.82) is 0 Å². The van der Waals surface area contributed by atoms with E-state index in [1.54, 1.807) is 74.5 Å². The number of esters is 1. The predicted molar refractivity (Wildman–Crippen MR) is 136 cm³/mol. The van der Waals surface area contributed by atoms with Crippen molar-refractivity contribution in [1.82, 2.24) is 5.43 Å². The van der Waals surface area contributed by atoms with Gasteiger partial charge in [0.25, 0.3) is 0 Å². The lowest BCUT2D eigenvalue weighted by Crippen LogP contribution is -2.33. The number of benzene rings is 3. The van der Waals surface area contributed by atoms with Crippen LogP contribution in [0.3, 0.4) is 0 Å². The summed E-state index contributed by atoms with van der Waals surface area (Å²) in [7, 11) is 2.97. The average molecular weight is 510 g/mol. The summed E-state index contributed by atoms with van der Waals surface area (Å²) in [5.74, 6) is -1.31. The number of anilines is 1. The molecule has 0 heterocycles. The number of nitrogens with one attached hydrogen (secondary N) is 2. The fourth-order valence-corrected chi connectivity index (χ4v) is 3.21. The molecule has 0 aliphatic carbocycles. The van der Waals surface area contributed by atoms with E-state index in [4.69, 9.17) is 25.8 Å². The molecule has 36 heavy (non-hydrogen) atoms. The first-order valence-electron chi connectivity index (χ1n) is 10.7. The molecule has 0 saturated carbocycles. The maximum absolute atomic E-state index is 12.5. The van der Waals surface area contributed by atoms with Crippen molar-refractivity contribution in [3.63, 3.8) is 0 Å². The third-order valence-electron chi connectivity index (χ3n) is 5.16. The molecule has 3 aromatic carbocycles. The first-order valence-corrected chi connectivity index (χ1v) is 11.1. The summed E-state index contributed by atoms with van der Waals surface area (Å²) in [5.41, 5.74) is 4.58. The third kappa shape index (κ3) is 6.39. The lowest BCUT2D eigenvalue weighted by Gasteiger charge is -2.11. The van der Waals surface area contributed by atoms with E-state index in [0.29, 0.717) is 38.9 Å². The summed E-state index contributed by atoms with van der Waals surface area (Å²) in [4.78, 5) is 36.9. The molecule has 10 heteroatoms. The van der Waals surface area contributed by atoms with Crippen LogP contribution in [0.4, 0.5) is 5.69 Å². The van der Waals surface area contributed by atoms with E-state index in [-0.39, 0.29) is 11.5 Å². The van der Waals surface area contributed by atoms with E-state index in [9.17, 15) is 14.4 Å². The summed E-state index contributed by atoms with van der Waals surface area (Å²) >= 11 is 6.04. The number of carbonyl (C=O) groups is 3. The van der Waals surface area contributed by atoms with Crippen LogP contribution in [0.25, 0.3) is 0 Å². The monoisotopic (exact) mass is 509 g/mol. The van der Waals surface area contributed by atoms with Gasteiger partial charge >= 0.3 is 17.8 Å².